The molecule has 1 saturated heterocycles. The molecular formula is C16H22N2O2. The number of benzene rings is 1. The standard InChI is InChI=1S/C16H22N2O2/c1-17-9-11-18(12-10-17)15(19)16(7-8-16)13-5-3-4-6-14(13)20-2/h3-6H,7-12H2,1-2H3. The van der Waals surface area contributed by atoms with Gasteiger partial charge in [0, 0.05) is 31.7 Å². The van der Waals surface area contributed by atoms with Crippen LogP contribution >= 0.6 is 0 Å². The minimum atomic E-state index is -0.317. The summed E-state index contributed by atoms with van der Waals surface area (Å²) in [7, 11) is 3.78. The second-order valence-corrected chi connectivity index (χ2v) is 5.88. The number of nitrogens with zero attached hydrogens (tertiary/aromatic N) is 2. The van der Waals surface area contributed by atoms with Crippen molar-refractivity contribution in [2.45, 2.75) is 18.3 Å². The topological polar surface area (TPSA) is 32.8 Å². The van der Waals surface area contributed by atoms with Crippen LogP contribution in [0, 0.1) is 0 Å². The van der Waals surface area contributed by atoms with Gasteiger partial charge in [0.05, 0.1) is 12.5 Å². The summed E-state index contributed by atoms with van der Waals surface area (Å²) in [6.07, 6.45) is 1.89. The average molecular weight is 274 g/mol. The number of piperazine rings is 1. The maximum atomic E-state index is 12.9. The Labute approximate surface area is 120 Å². The molecule has 3 rings (SSSR count). The molecule has 0 atom stereocenters. The fraction of sp³-hybridized carbons (Fsp3) is 0.562. The third-order valence-corrected chi connectivity index (χ3v) is 4.57. The summed E-state index contributed by atoms with van der Waals surface area (Å²) in [5.41, 5.74) is 0.745. The number of para-hydroxylation sites is 1. The van der Waals surface area contributed by atoms with Gasteiger partial charge in [-0.15, -0.1) is 0 Å². The summed E-state index contributed by atoms with van der Waals surface area (Å²) in [5.74, 6) is 1.13. The van der Waals surface area contributed by atoms with Crippen LogP contribution in [0.2, 0.25) is 0 Å². The summed E-state index contributed by atoms with van der Waals surface area (Å²) >= 11 is 0. The van der Waals surface area contributed by atoms with E-state index in [1.807, 2.05) is 29.2 Å². The summed E-state index contributed by atoms with van der Waals surface area (Å²) in [6.45, 7) is 3.61. The van der Waals surface area contributed by atoms with E-state index in [4.69, 9.17) is 4.74 Å². The Hall–Kier alpha value is -1.55. The zero-order valence-electron chi connectivity index (χ0n) is 12.3. The van der Waals surface area contributed by atoms with E-state index < -0.39 is 0 Å². The number of carbonyl (C=O) groups excluding carboxylic acids is 1. The molecular weight excluding hydrogens is 252 g/mol. The van der Waals surface area contributed by atoms with E-state index in [0.717, 1.165) is 50.3 Å². The molecule has 4 heteroatoms. The summed E-state index contributed by atoms with van der Waals surface area (Å²) in [4.78, 5) is 17.2. The Morgan fingerprint density at radius 1 is 1.15 bits per heavy atom. The van der Waals surface area contributed by atoms with Gasteiger partial charge in [0.2, 0.25) is 5.91 Å². The van der Waals surface area contributed by atoms with Crippen molar-refractivity contribution in [1.29, 1.82) is 0 Å². The third kappa shape index (κ3) is 2.18. The highest BCUT2D eigenvalue weighted by molar-refractivity contribution is 5.92. The summed E-state index contributed by atoms with van der Waals surface area (Å²) in [5, 5.41) is 0. The highest BCUT2D eigenvalue weighted by atomic mass is 16.5. The van der Waals surface area contributed by atoms with Gasteiger partial charge in [-0.2, -0.15) is 0 Å². The number of hydrogen-bond donors (Lipinski definition) is 0. The zero-order chi connectivity index (χ0) is 14.2. The smallest absolute Gasteiger partial charge is 0.233 e. The minimum Gasteiger partial charge on any atom is -0.496 e. The van der Waals surface area contributed by atoms with E-state index in [1.165, 1.54) is 0 Å². The van der Waals surface area contributed by atoms with Crippen LogP contribution in [0.5, 0.6) is 5.75 Å². The number of rotatable bonds is 3. The van der Waals surface area contributed by atoms with Crippen LogP contribution in [0.15, 0.2) is 24.3 Å². The fourth-order valence-electron chi connectivity index (χ4n) is 3.08. The first-order chi connectivity index (χ1) is 9.67. The second-order valence-electron chi connectivity index (χ2n) is 5.88. The number of ether oxygens (including phenoxy) is 1. The van der Waals surface area contributed by atoms with Crippen molar-refractivity contribution < 1.29 is 9.53 Å². The van der Waals surface area contributed by atoms with Gasteiger partial charge in [-0.3, -0.25) is 4.79 Å². The number of hydrogen-bond acceptors (Lipinski definition) is 3. The molecule has 20 heavy (non-hydrogen) atoms. The maximum Gasteiger partial charge on any atom is 0.233 e. The number of amides is 1. The molecule has 108 valence electrons. The first-order valence-electron chi connectivity index (χ1n) is 7.29. The van der Waals surface area contributed by atoms with Crippen LogP contribution < -0.4 is 4.74 Å². The normalized spacial score (nSPS) is 21.6. The Bertz CT molecular complexity index is 503. The molecule has 1 aliphatic heterocycles. The first kappa shape index (κ1) is 13.4. The second kappa shape index (κ2) is 5.09. The van der Waals surface area contributed by atoms with Crippen molar-refractivity contribution in [3.8, 4) is 5.75 Å². The predicted molar refractivity (Wildman–Crippen MR) is 78.0 cm³/mol. The van der Waals surface area contributed by atoms with Crippen molar-refractivity contribution in [2.24, 2.45) is 0 Å². The lowest BCUT2D eigenvalue weighted by Gasteiger charge is -2.35. The number of likely N-dealkylation sites (N-methyl/N-ethyl adjacent to an activating group) is 1. The minimum absolute atomic E-state index is 0.287. The molecule has 1 aromatic rings. The largest absolute Gasteiger partial charge is 0.496 e. The number of methoxy groups -OCH3 is 1. The molecule has 4 nitrogen and oxygen atoms in total. The highest BCUT2D eigenvalue weighted by Gasteiger charge is 2.54. The lowest BCUT2D eigenvalue weighted by molar-refractivity contribution is -0.135. The zero-order valence-corrected chi connectivity index (χ0v) is 12.3. The fourth-order valence-corrected chi connectivity index (χ4v) is 3.08. The van der Waals surface area contributed by atoms with Crippen molar-refractivity contribution in [3.05, 3.63) is 29.8 Å². The Kier molecular flexibility index (Phi) is 3.42. The van der Waals surface area contributed by atoms with Gasteiger partial charge in [0.1, 0.15) is 5.75 Å². The van der Waals surface area contributed by atoms with Gasteiger partial charge in [-0.25, -0.2) is 0 Å². The molecule has 1 saturated carbocycles. The van der Waals surface area contributed by atoms with Crippen LogP contribution in [0.3, 0.4) is 0 Å². The molecule has 0 spiro atoms. The van der Waals surface area contributed by atoms with Crippen LogP contribution in [-0.2, 0) is 10.2 Å². The van der Waals surface area contributed by atoms with Gasteiger partial charge in [0.25, 0.3) is 0 Å². The van der Waals surface area contributed by atoms with Gasteiger partial charge in [0.15, 0.2) is 0 Å². The van der Waals surface area contributed by atoms with Gasteiger partial charge in [-0.1, -0.05) is 18.2 Å². The van der Waals surface area contributed by atoms with Crippen LogP contribution in [-0.4, -0.2) is 56.0 Å². The van der Waals surface area contributed by atoms with E-state index in [9.17, 15) is 4.79 Å². The molecule has 1 aliphatic carbocycles. The summed E-state index contributed by atoms with van der Waals surface area (Å²) < 4.78 is 5.45. The van der Waals surface area contributed by atoms with Gasteiger partial charge >= 0.3 is 0 Å². The SMILES string of the molecule is COc1ccccc1C1(C(=O)N2CCN(C)CC2)CC1. The highest BCUT2D eigenvalue weighted by Crippen LogP contribution is 2.52. The molecule has 1 aromatic carbocycles. The molecule has 1 heterocycles. The molecule has 0 N–H and O–H groups in total. The average Bonchev–Trinajstić information content (AvgIpc) is 3.29. The molecule has 2 aliphatic rings. The maximum absolute atomic E-state index is 12.9. The van der Waals surface area contributed by atoms with E-state index >= 15 is 0 Å². The van der Waals surface area contributed by atoms with E-state index in [2.05, 4.69) is 11.9 Å². The molecule has 0 aromatic heterocycles. The monoisotopic (exact) mass is 274 g/mol. The van der Waals surface area contributed by atoms with Crippen LogP contribution in [0.4, 0.5) is 0 Å². The van der Waals surface area contributed by atoms with Crippen LogP contribution in [0.25, 0.3) is 0 Å². The summed E-state index contributed by atoms with van der Waals surface area (Å²) in [6, 6.07) is 7.94. The van der Waals surface area contributed by atoms with E-state index in [1.54, 1.807) is 7.11 Å². The first-order valence-corrected chi connectivity index (χ1v) is 7.29. The Morgan fingerprint density at radius 2 is 1.80 bits per heavy atom. The molecule has 2 fully saturated rings. The van der Waals surface area contributed by atoms with Crippen LogP contribution in [0.1, 0.15) is 18.4 Å². The third-order valence-electron chi connectivity index (χ3n) is 4.57. The van der Waals surface area contributed by atoms with E-state index in [0.29, 0.717) is 0 Å². The lowest BCUT2D eigenvalue weighted by Crippen LogP contribution is -2.50. The molecule has 0 radical (unpaired) electrons. The Balaban J connectivity index is 1.83. The molecule has 0 unspecified atom stereocenters. The van der Waals surface area contributed by atoms with Crippen molar-refractivity contribution in [1.82, 2.24) is 9.80 Å². The van der Waals surface area contributed by atoms with Crippen molar-refractivity contribution in [3.63, 3.8) is 0 Å². The predicted octanol–water partition coefficient (Wildman–Crippen LogP) is 1.50. The quantitative estimate of drug-likeness (QED) is 0.837. The van der Waals surface area contributed by atoms with Crippen molar-refractivity contribution in [2.75, 3.05) is 40.3 Å². The van der Waals surface area contributed by atoms with E-state index in [-0.39, 0.29) is 11.3 Å². The molecule has 0 bridgehead atoms. The lowest BCUT2D eigenvalue weighted by atomic mass is 9.93. The molecule has 1 amide bonds. The van der Waals surface area contributed by atoms with Gasteiger partial charge < -0.3 is 14.5 Å². The number of carbonyl (C=O) groups is 1. The van der Waals surface area contributed by atoms with Crippen molar-refractivity contribution >= 4 is 5.91 Å². The van der Waals surface area contributed by atoms with Gasteiger partial charge in [-0.05, 0) is 26.0 Å². The Morgan fingerprint density at radius 3 is 2.40 bits per heavy atom.